The summed E-state index contributed by atoms with van der Waals surface area (Å²) in [6, 6.07) is 36.6. The molecule has 0 N–H and O–H groups in total. The molecule has 0 unspecified atom stereocenters. The van der Waals surface area contributed by atoms with E-state index in [0.717, 1.165) is 27.5 Å². The molecule has 8 rings (SSSR count). The molecule has 5 aromatic rings. The van der Waals surface area contributed by atoms with Crippen molar-refractivity contribution in [3.05, 3.63) is 130 Å². The number of halogens is 1. The van der Waals surface area contributed by atoms with Gasteiger partial charge in [0.25, 0.3) is 0 Å². The molecule has 0 bridgehead atoms. The van der Waals surface area contributed by atoms with Gasteiger partial charge in [0.2, 0.25) is 0 Å². The van der Waals surface area contributed by atoms with Crippen molar-refractivity contribution in [1.82, 2.24) is 0 Å². The van der Waals surface area contributed by atoms with Gasteiger partial charge in [-0.1, -0.05) is 88.7 Å². The summed E-state index contributed by atoms with van der Waals surface area (Å²) in [5.74, 6) is 2.95. The summed E-state index contributed by atoms with van der Waals surface area (Å²) in [5.41, 5.74) is 9.86. The third-order valence-electron chi connectivity index (χ3n) is 7.41. The number of rotatable bonds is 0. The largest absolute Gasteiger partial charge is 0.449 e. The number of hydrogen-bond acceptors (Lipinski definition) is 2. The van der Waals surface area contributed by atoms with Crippen molar-refractivity contribution in [1.29, 1.82) is 0 Å². The Morgan fingerprint density at radius 2 is 0.941 bits per heavy atom. The molecule has 5 aromatic carbocycles. The Kier molecular flexibility index (Phi) is 3.50. The van der Waals surface area contributed by atoms with E-state index in [9.17, 15) is 0 Å². The van der Waals surface area contributed by atoms with E-state index in [4.69, 9.17) is 9.47 Å². The normalized spacial score (nSPS) is 14.7. The van der Waals surface area contributed by atoms with Crippen LogP contribution in [0.15, 0.2) is 108 Å². The molecule has 0 amide bonds. The van der Waals surface area contributed by atoms with Crippen LogP contribution in [0.25, 0.3) is 22.3 Å². The zero-order valence-corrected chi connectivity index (χ0v) is 19.6. The first-order valence-corrected chi connectivity index (χ1v) is 12.2. The van der Waals surface area contributed by atoms with Crippen LogP contribution in [-0.4, -0.2) is 0 Å². The second kappa shape index (κ2) is 6.40. The highest BCUT2D eigenvalue weighted by Crippen LogP contribution is 2.64. The summed E-state index contributed by atoms with van der Waals surface area (Å²) in [4.78, 5) is 0. The molecule has 0 aromatic heterocycles. The highest BCUT2D eigenvalue weighted by atomic mass is 79.9. The van der Waals surface area contributed by atoms with E-state index in [1.807, 2.05) is 18.2 Å². The van der Waals surface area contributed by atoms with E-state index in [2.05, 4.69) is 101 Å². The quantitative estimate of drug-likeness (QED) is 0.207. The minimum Gasteiger partial charge on any atom is -0.449 e. The zero-order chi connectivity index (χ0) is 22.4. The van der Waals surface area contributed by atoms with E-state index < -0.39 is 0 Å². The van der Waals surface area contributed by atoms with Crippen molar-refractivity contribution in [3.63, 3.8) is 0 Å². The minimum absolute atomic E-state index is 0.377. The van der Waals surface area contributed by atoms with Crippen LogP contribution in [0.5, 0.6) is 23.0 Å². The highest BCUT2D eigenvalue weighted by Gasteiger charge is 2.52. The van der Waals surface area contributed by atoms with Gasteiger partial charge in [0, 0.05) is 4.47 Å². The molecule has 0 atom stereocenters. The van der Waals surface area contributed by atoms with Crippen LogP contribution in [-0.2, 0) is 5.41 Å². The molecule has 160 valence electrons. The minimum atomic E-state index is -0.377. The molecule has 2 aliphatic carbocycles. The fourth-order valence-corrected chi connectivity index (χ4v) is 6.48. The molecule has 3 aliphatic rings. The van der Waals surface area contributed by atoms with Gasteiger partial charge in [-0.05, 0) is 74.8 Å². The summed E-state index contributed by atoms with van der Waals surface area (Å²) in [6.07, 6.45) is 0. The Labute approximate surface area is 205 Å². The molecule has 0 saturated heterocycles. The lowest BCUT2D eigenvalue weighted by atomic mass is 9.70. The van der Waals surface area contributed by atoms with Gasteiger partial charge in [-0.3, -0.25) is 0 Å². The molecule has 34 heavy (non-hydrogen) atoms. The Bertz CT molecular complexity index is 1640. The standard InChI is InChI=1S/C31H17BrO2/c32-18-13-14-27-28(15-18)34-29-16-22-21-9-3-6-12-25(21)31(26(22)17-30(29)33-27)23-10-4-1-7-19(23)20-8-2-5-11-24(20)31/h1-17H. The van der Waals surface area contributed by atoms with Gasteiger partial charge in [0.1, 0.15) is 0 Å². The van der Waals surface area contributed by atoms with Gasteiger partial charge in [-0.15, -0.1) is 0 Å². The van der Waals surface area contributed by atoms with E-state index in [-0.39, 0.29) is 5.41 Å². The van der Waals surface area contributed by atoms with Gasteiger partial charge < -0.3 is 9.47 Å². The molecule has 0 radical (unpaired) electrons. The number of benzene rings is 5. The maximum absolute atomic E-state index is 6.39. The van der Waals surface area contributed by atoms with Crippen LogP contribution in [0.4, 0.5) is 0 Å². The van der Waals surface area contributed by atoms with Crippen molar-refractivity contribution in [3.8, 4) is 45.3 Å². The first kappa shape index (κ1) is 18.6. The Balaban J connectivity index is 1.47. The number of fused-ring (bicyclic) bond motifs is 12. The fourth-order valence-electron chi connectivity index (χ4n) is 6.14. The van der Waals surface area contributed by atoms with Gasteiger partial charge in [-0.2, -0.15) is 0 Å². The van der Waals surface area contributed by atoms with Gasteiger partial charge >= 0.3 is 0 Å². The van der Waals surface area contributed by atoms with Crippen molar-refractivity contribution in [2.75, 3.05) is 0 Å². The van der Waals surface area contributed by atoms with E-state index >= 15 is 0 Å². The van der Waals surface area contributed by atoms with Crippen LogP contribution in [0.3, 0.4) is 0 Å². The summed E-state index contributed by atoms with van der Waals surface area (Å²) >= 11 is 3.54. The molecule has 1 spiro atoms. The molecule has 3 heteroatoms. The maximum Gasteiger partial charge on any atom is 0.171 e. The van der Waals surface area contributed by atoms with Crippen LogP contribution in [0, 0.1) is 0 Å². The highest BCUT2D eigenvalue weighted by molar-refractivity contribution is 9.10. The predicted molar refractivity (Wildman–Crippen MR) is 137 cm³/mol. The van der Waals surface area contributed by atoms with Crippen LogP contribution in [0.1, 0.15) is 22.3 Å². The molecule has 2 nitrogen and oxygen atoms in total. The fraction of sp³-hybridized carbons (Fsp3) is 0.0323. The first-order chi connectivity index (χ1) is 16.7. The Morgan fingerprint density at radius 3 is 1.59 bits per heavy atom. The van der Waals surface area contributed by atoms with Crippen molar-refractivity contribution < 1.29 is 9.47 Å². The van der Waals surface area contributed by atoms with E-state index in [1.54, 1.807) is 0 Å². The van der Waals surface area contributed by atoms with Crippen LogP contribution < -0.4 is 9.47 Å². The monoisotopic (exact) mass is 500 g/mol. The summed E-state index contributed by atoms with van der Waals surface area (Å²) in [6.45, 7) is 0. The van der Waals surface area contributed by atoms with Crippen molar-refractivity contribution >= 4 is 15.9 Å². The Hall–Kier alpha value is -3.82. The van der Waals surface area contributed by atoms with Gasteiger partial charge in [0.15, 0.2) is 23.0 Å². The second-order valence-corrected chi connectivity index (χ2v) is 9.94. The average Bonchev–Trinajstić information content (AvgIpc) is 3.33. The topological polar surface area (TPSA) is 18.5 Å². The second-order valence-electron chi connectivity index (χ2n) is 9.03. The summed E-state index contributed by atoms with van der Waals surface area (Å²) < 4.78 is 13.7. The predicted octanol–water partition coefficient (Wildman–Crippen LogP) is 8.69. The molecule has 0 saturated carbocycles. The molecule has 1 heterocycles. The van der Waals surface area contributed by atoms with Crippen molar-refractivity contribution in [2.24, 2.45) is 0 Å². The number of hydrogen-bond donors (Lipinski definition) is 0. The Morgan fingerprint density at radius 1 is 0.441 bits per heavy atom. The molecule has 0 fully saturated rings. The third kappa shape index (κ3) is 2.16. The van der Waals surface area contributed by atoms with Crippen molar-refractivity contribution in [2.45, 2.75) is 5.41 Å². The van der Waals surface area contributed by atoms with E-state index in [1.165, 1.54) is 44.5 Å². The smallest absolute Gasteiger partial charge is 0.171 e. The lowest BCUT2D eigenvalue weighted by molar-refractivity contribution is 0.359. The van der Waals surface area contributed by atoms with Gasteiger partial charge in [-0.25, -0.2) is 0 Å². The third-order valence-corrected chi connectivity index (χ3v) is 7.90. The zero-order valence-electron chi connectivity index (χ0n) is 18.0. The van der Waals surface area contributed by atoms with Crippen LogP contribution in [0.2, 0.25) is 0 Å². The average molecular weight is 501 g/mol. The van der Waals surface area contributed by atoms with Gasteiger partial charge in [0.05, 0.1) is 5.41 Å². The summed E-state index contributed by atoms with van der Waals surface area (Å²) in [5, 5.41) is 0. The first-order valence-electron chi connectivity index (χ1n) is 11.4. The number of ether oxygens (including phenoxy) is 2. The lowest BCUT2D eigenvalue weighted by Gasteiger charge is -2.31. The molecular formula is C31H17BrO2. The molecule has 1 aliphatic heterocycles. The van der Waals surface area contributed by atoms with Crippen LogP contribution >= 0.6 is 15.9 Å². The SMILES string of the molecule is Brc1ccc2c(c1)Oc1cc3c(cc1O2)C1(c2ccccc2-c2ccccc21)c1ccccc1-3. The molecular weight excluding hydrogens is 484 g/mol. The van der Waals surface area contributed by atoms with E-state index in [0.29, 0.717) is 0 Å². The maximum atomic E-state index is 6.39. The summed E-state index contributed by atoms with van der Waals surface area (Å²) in [7, 11) is 0. The lowest BCUT2D eigenvalue weighted by Crippen LogP contribution is -2.25.